The molecule has 0 saturated carbocycles. The van der Waals surface area contributed by atoms with Crippen LogP contribution in [0.2, 0.25) is 0 Å². The van der Waals surface area contributed by atoms with Crippen LogP contribution >= 0.6 is 0 Å². The Labute approximate surface area is 143 Å². The van der Waals surface area contributed by atoms with Crippen LogP contribution in [-0.4, -0.2) is 59.2 Å². The SMILES string of the molecule is O=c1[nH]c(NCCN2CCOCC2)nc2nccc(-c3ccco3)c12. The summed E-state index contributed by atoms with van der Waals surface area (Å²) in [5, 5.41) is 3.59. The summed E-state index contributed by atoms with van der Waals surface area (Å²) in [7, 11) is 0. The van der Waals surface area contributed by atoms with Gasteiger partial charge in [-0.15, -0.1) is 0 Å². The summed E-state index contributed by atoms with van der Waals surface area (Å²) in [5.41, 5.74) is 0.841. The number of hydrogen-bond donors (Lipinski definition) is 2. The van der Waals surface area contributed by atoms with Gasteiger partial charge in [0.2, 0.25) is 5.95 Å². The molecular weight excluding hydrogens is 322 g/mol. The number of hydrogen-bond acceptors (Lipinski definition) is 7. The molecule has 25 heavy (non-hydrogen) atoms. The number of fused-ring (bicyclic) bond motifs is 1. The predicted octanol–water partition coefficient (Wildman–Crippen LogP) is 1.32. The zero-order chi connectivity index (χ0) is 17.1. The maximum atomic E-state index is 12.5. The Bertz CT molecular complexity index is 900. The first-order valence-electron chi connectivity index (χ1n) is 8.28. The fourth-order valence-corrected chi connectivity index (χ4v) is 2.94. The molecule has 0 aromatic carbocycles. The van der Waals surface area contributed by atoms with Crippen molar-refractivity contribution in [1.82, 2.24) is 19.9 Å². The van der Waals surface area contributed by atoms with E-state index >= 15 is 0 Å². The molecule has 4 rings (SSSR count). The van der Waals surface area contributed by atoms with Gasteiger partial charge in [0.05, 0.1) is 24.9 Å². The molecule has 1 aliphatic heterocycles. The number of morpholine rings is 1. The second-order valence-electron chi connectivity index (χ2n) is 5.83. The Morgan fingerprint density at radius 1 is 1.28 bits per heavy atom. The highest BCUT2D eigenvalue weighted by atomic mass is 16.5. The van der Waals surface area contributed by atoms with Crippen molar-refractivity contribution in [2.24, 2.45) is 0 Å². The van der Waals surface area contributed by atoms with E-state index in [4.69, 9.17) is 9.15 Å². The van der Waals surface area contributed by atoms with Crippen LogP contribution in [-0.2, 0) is 4.74 Å². The third-order valence-electron chi connectivity index (χ3n) is 4.22. The van der Waals surface area contributed by atoms with Crippen molar-refractivity contribution < 1.29 is 9.15 Å². The van der Waals surface area contributed by atoms with Crippen molar-refractivity contribution in [3.63, 3.8) is 0 Å². The molecule has 0 atom stereocenters. The molecule has 0 amide bonds. The molecule has 0 radical (unpaired) electrons. The smallest absolute Gasteiger partial charge is 0.262 e. The average molecular weight is 341 g/mol. The molecule has 1 aliphatic rings. The number of aromatic amines is 1. The molecular formula is C17H19N5O3. The van der Waals surface area contributed by atoms with E-state index in [2.05, 4.69) is 25.2 Å². The lowest BCUT2D eigenvalue weighted by Gasteiger charge is -2.26. The first-order valence-corrected chi connectivity index (χ1v) is 8.28. The van der Waals surface area contributed by atoms with E-state index in [1.54, 1.807) is 24.6 Å². The number of furan rings is 1. The number of ether oxygens (including phenoxy) is 1. The molecule has 1 fully saturated rings. The molecule has 0 aliphatic carbocycles. The van der Waals surface area contributed by atoms with Crippen molar-refractivity contribution in [2.45, 2.75) is 0 Å². The normalized spacial score (nSPS) is 15.5. The van der Waals surface area contributed by atoms with Gasteiger partial charge in [0, 0.05) is 37.9 Å². The Morgan fingerprint density at radius 3 is 2.96 bits per heavy atom. The van der Waals surface area contributed by atoms with Crippen LogP contribution in [0.3, 0.4) is 0 Å². The first kappa shape index (κ1) is 15.8. The molecule has 130 valence electrons. The Morgan fingerprint density at radius 2 is 2.16 bits per heavy atom. The van der Waals surface area contributed by atoms with Crippen LogP contribution in [0, 0.1) is 0 Å². The number of pyridine rings is 1. The van der Waals surface area contributed by atoms with Crippen LogP contribution in [0.15, 0.2) is 39.9 Å². The molecule has 8 nitrogen and oxygen atoms in total. The van der Waals surface area contributed by atoms with E-state index in [1.165, 1.54) is 0 Å². The van der Waals surface area contributed by atoms with Gasteiger partial charge in [-0.25, -0.2) is 4.98 Å². The van der Waals surface area contributed by atoms with E-state index in [-0.39, 0.29) is 5.56 Å². The molecule has 4 heterocycles. The van der Waals surface area contributed by atoms with Crippen molar-refractivity contribution in [1.29, 1.82) is 0 Å². The second kappa shape index (κ2) is 7.04. The third-order valence-corrected chi connectivity index (χ3v) is 4.22. The molecule has 0 unspecified atom stereocenters. The van der Waals surface area contributed by atoms with Gasteiger partial charge in [0.15, 0.2) is 5.65 Å². The summed E-state index contributed by atoms with van der Waals surface area (Å²) in [5.74, 6) is 1.04. The lowest BCUT2D eigenvalue weighted by molar-refractivity contribution is 0.0398. The molecule has 8 heteroatoms. The number of nitrogens with one attached hydrogen (secondary N) is 2. The summed E-state index contributed by atoms with van der Waals surface area (Å²) in [6, 6.07) is 5.34. The summed E-state index contributed by atoms with van der Waals surface area (Å²) in [6.07, 6.45) is 3.20. The number of rotatable bonds is 5. The summed E-state index contributed by atoms with van der Waals surface area (Å²) in [6.45, 7) is 4.95. The number of H-pyrrole nitrogens is 1. The summed E-state index contributed by atoms with van der Waals surface area (Å²) in [4.78, 5) is 26.3. The maximum Gasteiger partial charge on any atom is 0.262 e. The first-order chi connectivity index (χ1) is 12.3. The van der Waals surface area contributed by atoms with E-state index < -0.39 is 0 Å². The molecule has 1 saturated heterocycles. The van der Waals surface area contributed by atoms with E-state index in [9.17, 15) is 4.79 Å². The highest BCUT2D eigenvalue weighted by Crippen LogP contribution is 2.24. The van der Waals surface area contributed by atoms with Crippen molar-refractivity contribution in [2.75, 3.05) is 44.7 Å². The minimum absolute atomic E-state index is 0.238. The van der Waals surface area contributed by atoms with E-state index in [0.29, 0.717) is 34.9 Å². The quantitative estimate of drug-likeness (QED) is 0.722. The Kier molecular flexibility index (Phi) is 4.45. The lowest BCUT2D eigenvalue weighted by atomic mass is 10.1. The molecule has 3 aromatic rings. The number of nitrogens with zero attached hydrogens (tertiary/aromatic N) is 3. The topological polar surface area (TPSA) is 96.3 Å². The predicted molar refractivity (Wildman–Crippen MR) is 93.6 cm³/mol. The maximum absolute atomic E-state index is 12.5. The van der Waals surface area contributed by atoms with Gasteiger partial charge in [-0.1, -0.05) is 0 Å². The zero-order valence-electron chi connectivity index (χ0n) is 13.7. The van der Waals surface area contributed by atoms with Crippen LogP contribution in [0.4, 0.5) is 5.95 Å². The Balaban J connectivity index is 1.55. The van der Waals surface area contributed by atoms with Gasteiger partial charge in [0.1, 0.15) is 5.76 Å². The van der Waals surface area contributed by atoms with Crippen molar-refractivity contribution in [3.05, 3.63) is 41.0 Å². The van der Waals surface area contributed by atoms with Gasteiger partial charge in [-0.2, -0.15) is 4.98 Å². The number of anilines is 1. The minimum atomic E-state index is -0.238. The summed E-state index contributed by atoms with van der Waals surface area (Å²) < 4.78 is 10.7. The average Bonchev–Trinajstić information content (AvgIpc) is 3.17. The van der Waals surface area contributed by atoms with Gasteiger partial charge < -0.3 is 14.5 Å². The highest BCUT2D eigenvalue weighted by molar-refractivity contribution is 5.90. The van der Waals surface area contributed by atoms with Crippen LogP contribution in [0.5, 0.6) is 0 Å². The summed E-state index contributed by atoms with van der Waals surface area (Å²) >= 11 is 0. The molecule has 0 spiro atoms. The van der Waals surface area contributed by atoms with E-state index in [1.807, 2.05) is 6.07 Å². The van der Waals surface area contributed by atoms with Crippen LogP contribution in [0.1, 0.15) is 0 Å². The Hall–Kier alpha value is -2.71. The van der Waals surface area contributed by atoms with Gasteiger partial charge in [-0.3, -0.25) is 14.7 Å². The van der Waals surface area contributed by atoms with Crippen LogP contribution in [0.25, 0.3) is 22.4 Å². The number of aromatic nitrogens is 3. The standard InChI is InChI=1S/C17H19N5O3/c23-16-14-12(13-2-1-9-25-13)3-4-18-15(14)20-17(21-16)19-5-6-22-7-10-24-11-8-22/h1-4,9H,5-8,10-11H2,(H2,18,19,20,21,23). The monoisotopic (exact) mass is 341 g/mol. The minimum Gasteiger partial charge on any atom is -0.464 e. The lowest BCUT2D eigenvalue weighted by Crippen LogP contribution is -2.39. The van der Waals surface area contributed by atoms with E-state index in [0.717, 1.165) is 32.8 Å². The van der Waals surface area contributed by atoms with Gasteiger partial charge >= 0.3 is 0 Å². The second-order valence-corrected chi connectivity index (χ2v) is 5.83. The fourth-order valence-electron chi connectivity index (χ4n) is 2.94. The molecule has 0 bridgehead atoms. The van der Waals surface area contributed by atoms with Crippen LogP contribution < -0.4 is 10.9 Å². The largest absolute Gasteiger partial charge is 0.464 e. The zero-order valence-corrected chi connectivity index (χ0v) is 13.7. The van der Waals surface area contributed by atoms with Gasteiger partial charge in [-0.05, 0) is 18.2 Å². The van der Waals surface area contributed by atoms with Crippen molar-refractivity contribution >= 4 is 17.0 Å². The molecule has 2 N–H and O–H groups in total. The van der Waals surface area contributed by atoms with Crippen molar-refractivity contribution in [3.8, 4) is 11.3 Å². The fraction of sp³-hybridized carbons (Fsp3) is 0.353. The third kappa shape index (κ3) is 3.40. The highest BCUT2D eigenvalue weighted by Gasteiger charge is 2.13. The van der Waals surface area contributed by atoms with Gasteiger partial charge in [0.25, 0.3) is 5.56 Å². The molecule has 3 aromatic heterocycles.